The first kappa shape index (κ1) is 17.2. The lowest BCUT2D eigenvalue weighted by molar-refractivity contribution is -0.164. The van der Waals surface area contributed by atoms with Gasteiger partial charge in [0, 0.05) is 11.1 Å². The molecule has 1 aromatic carbocycles. The standard InChI is InChI=1S/C15H17F3O3/c1-9(19)10-5-6-12(11(7-10)14(2,3)4)21-13(20)8-15(16,17)18/h5-7H,8H2,1-4H3. The van der Waals surface area contributed by atoms with E-state index in [0.717, 1.165) is 0 Å². The summed E-state index contributed by atoms with van der Waals surface area (Å²) in [7, 11) is 0. The third-order valence-electron chi connectivity index (χ3n) is 2.76. The number of halogens is 3. The molecule has 0 amide bonds. The van der Waals surface area contributed by atoms with E-state index in [9.17, 15) is 22.8 Å². The molecule has 21 heavy (non-hydrogen) atoms. The van der Waals surface area contributed by atoms with E-state index in [0.29, 0.717) is 11.1 Å². The zero-order valence-corrected chi connectivity index (χ0v) is 12.3. The molecule has 6 heteroatoms. The quantitative estimate of drug-likeness (QED) is 0.481. The Balaban J connectivity index is 3.12. The van der Waals surface area contributed by atoms with Crippen LogP contribution < -0.4 is 4.74 Å². The Morgan fingerprint density at radius 1 is 1.14 bits per heavy atom. The first-order valence-electron chi connectivity index (χ1n) is 6.33. The Hall–Kier alpha value is -1.85. The number of carbonyl (C=O) groups is 2. The van der Waals surface area contributed by atoms with Crippen LogP contribution in [-0.2, 0) is 10.2 Å². The summed E-state index contributed by atoms with van der Waals surface area (Å²) in [6.45, 7) is 6.82. The van der Waals surface area contributed by atoms with Crippen molar-refractivity contribution in [1.82, 2.24) is 0 Å². The second-order valence-electron chi connectivity index (χ2n) is 5.78. The maximum atomic E-state index is 12.2. The van der Waals surface area contributed by atoms with Crippen molar-refractivity contribution in [2.24, 2.45) is 0 Å². The average Bonchev–Trinajstić information content (AvgIpc) is 2.24. The van der Waals surface area contributed by atoms with Crippen molar-refractivity contribution in [2.45, 2.75) is 45.7 Å². The molecule has 0 unspecified atom stereocenters. The largest absolute Gasteiger partial charge is 0.426 e. The monoisotopic (exact) mass is 302 g/mol. The van der Waals surface area contributed by atoms with Gasteiger partial charge in [-0.05, 0) is 30.5 Å². The van der Waals surface area contributed by atoms with Crippen LogP contribution in [0.3, 0.4) is 0 Å². The molecule has 1 rings (SSSR count). The second-order valence-corrected chi connectivity index (χ2v) is 5.78. The smallest absolute Gasteiger partial charge is 0.399 e. The zero-order chi connectivity index (χ0) is 16.4. The number of esters is 1. The van der Waals surface area contributed by atoms with Gasteiger partial charge in [-0.25, -0.2) is 0 Å². The van der Waals surface area contributed by atoms with E-state index in [1.807, 2.05) is 20.8 Å². The van der Waals surface area contributed by atoms with Gasteiger partial charge in [0.05, 0.1) is 0 Å². The molecule has 0 saturated heterocycles. The first-order valence-corrected chi connectivity index (χ1v) is 6.33. The van der Waals surface area contributed by atoms with Crippen molar-refractivity contribution < 1.29 is 27.5 Å². The zero-order valence-electron chi connectivity index (χ0n) is 12.3. The van der Waals surface area contributed by atoms with Crippen molar-refractivity contribution in [2.75, 3.05) is 0 Å². The van der Waals surface area contributed by atoms with Crippen LogP contribution in [0.15, 0.2) is 18.2 Å². The fourth-order valence-corrected chi connectivity index (χ4v) is 1.75. The normalized spacial score (nSPS) is 12.1. The highest BCUT2D eigenvalue weighted by atomic mass is 19.4. The molecule has 0 aliphatic carbocycles. The van der Waals surface area contributed by atoms with Gasteiger partial charge in [0.15, 0.2) is 5.78 Å². The van der Waals surface area contributed by atoms with Gasteiger partial charge in [0.1, 0.15) is 12.2 Å². The predicted octanol–water partition coefficient (Wildman–Crippen LogP) is 4.04. The van der Waals surface area contributed by atoms with Crippen LogP contribution >= 0.6 is 0 Å². The number of hydrogen-bond donors (Lipinski definition) is 0. The summed E-state index contributed by atoms with van der Waals surface area (Å²) in [6, 6.07) is 4.32. The third kappa shape index (κ3) is 5.21. The molecule has 116 valence electrons. The first-order chi connectivity index (χ1) is 9.40. The van der Waals surface area contributed by atoms with Crippen molar-refractivity contribution in [3.05, 3.63) is 29.3 Å². The number of benzene rings is 1. The Kier molecular flexibility index (Phi) is 4.81. The van der Waals surface area contributed by atoms with Crippen LogP contribution in [0.2, 0.25) is 0 Å². The molecular weight excluding hydrogens is 285 g/mol. The minimum atomic E-state index is -4.61. The second kappa shape index (κ2) is 5.87. The third-order valence-corrected chi connectivity index (χ3v) is 2.76. The van der Waals surface area contributed by atoms with Gasteiger partial charge >= 0.3 is 12.1 Å². The molecule has 0 fully saturated rings. The molecule has 0 heterocycles. The van der Waals surface area contributed by atoms with Gasteiger partial charge in [-0.15, -0.1) is 0 Å². The van der Waals surface area contributed by atoms with Gasteiger partial charge < -0.3 is 4.74 Å². The van der Waals surface area contributed by atoms with Crippen LogP contribution in [-0.4, -0.2) is 17.9 Å². The summed E-state index contributed by atoms with van der Waals surface area (Å²) in [5, 5.41) is 0. The van der Waals surface area contributed by atoms with E-state index in [1.54, 1.807) is 6.07 Å². The summed E-state index contributed by atoms with van der Waals surface area (Å²) in [5.74, 6) is -1.50. The van der Waals surface area contributed by atoms with Crippen molar-refractivity contribution in [1.29, 1.82) is 0 Å². The number of hydrogen-bond acceptors (Lipinski definition) is 3. The van der Waals surface area contributed by atoms with Crippen LogP contribution in [0.25, 0.3) is 0 Å². The van der Waals surface area contributed by atoms with Crippen molar-refractivity contribution in [3.8, 4) is 5.75 Å². The molecule has 0 atom stereocenters. The summed E-state index contributed by atoms with van der Waals surface area (Å²) in [4.78, 5) is 22.7. The lowest BCUT2D eigenvalue weighted by Gasteiger charge is -2.23. The highest BCUT2D eigenvalue weighted by Crippen LogP contribution is 2.33. The van der Waals surface area contributed by atoms with E-state index in [4.69, 9.17) is 4.74 Å². The molecule has 0 aliphatic heterocycles. The van der Waals surface area contributed by atoms with Crippen LogP contribution in [0.5, 0.6) is 5.75 Å². The molecule has 1 aromatic rings. The molecular formula is C15H17F3O3. The van der Waals surface area contributed by atoms with Gasteiger partial charge in [0.25, 0.3) is 0 Å². The van der Waals surface area contributed by atoms with Crippen molar-refractivity contribution >= 4 is 11.8 Å². The Morgan fingerprint density at radius 2 is 1.71 bits per heavy atom. The van der Waals surface area contributed by atoms with E-state index in [1.165, 1.54) is 19.1 Å². The van der Waals surface area contributed by atoms with Gasteiger partial charge in [-0.1, -0.05) is 20.8 Å². The number of rotatable bonds is 3. The maximum absolute atomic E-state index is 12.2. The highest BCUT2D eigenvalue weighted by Gasteiger charge is 2.33. The summed E-state index contributed by atoms with van der Waals surface area (Å²) in [5.41, 5.74) is 0.431. The van der Waals surface area contributed by atoms with E-state index >= 15 is 0 Å². The minimum Gasteiger partial charge on any atom is -0.426 e. The van der Waals surface area contributed by atoms with Crippen molar-refractivity contribution in [3.63, 3.8) is 0 Å². The van der Waals surface area contributed by atoms with E-state index in [-0.39, 0.29) is 11.5 Å². The minimum absolute atomic E-state index is 0.0433. The fraction of sp³-hybridized carbons (Fsp3) is 0.467. The van der Waals surface area contributed by atoms with E-state index in [2.05, 4.69) is 0 Å². The summed E-state index contributed by atoms with van der Waals surface area (Å²) in [6.07, 6.45) is -6.26. The lowest BCUT2D eigenvalue weighted by atomic mass is 9.85. The van der Waals surface area contributed by atoms with E-state index < -0.39 is 24.0 Å². The maximum Gasteiger partial charge on any atom is 0.399 e. The summed E-state index contributed by atoms with van der Waals surface area (Å²) >= 11 is 0. The molecule has 0 aliphatic rings. The number of ether oxygens (including phenoxy) is 1. The predicted molar refractivity (Wildman–Crippen MR) is 71.5 cm³/mol. The average molecular weight is 302 g/mol. The van der Waals surface area contributed by atoms with Crippen LogP contribution in [0, 0.1) is 0 Å². The molecule has 0 bridgehead atoms. The van der Waals surface area contributed by atoms with Crippen LogP contribution in [0.1, 0.15) is 50.0 Å². The molecule has 0 aromatic heterocycles. The molecule has 3 nitrogen and oxygen atoms in total. The Labute approximate surface area is 121 Å². The summed E-state index contributed by atoms with van der Waals surface area (Å²) < 4.78 is 41.3. The van der Waals surface area contributed by atoms with Gasteiger partial charge in [0.2, 0.25) is 0 Å². The number of carbonyl (C=O) groups excluding carboxylic acids is 2. The van der Waals surface area contributed by atoms with Gasteiger partial charge in [-0.3, -0.25) is 9.59 Å². The number of ketones is 1. The SMILES string of the molecule is CC(=O)c1ccc(OC(=O)CC(F)(F)F)c(C(C)(C)C)c1. The number of alkyl halides is 3. The molecule has 0 spiro atoms. The van der Waals surface area contributed by atoms with Gasteiger partial charge in [-0.2, -0.15) is 13.2 Å². The topological polar surface area (TPSA) is 43.4 Å². The Morgan fingerprint density at radius 3 is 2.14 bits per heavy atom. The van der Waals surface area contributed by atoms with Crippen LogP contribution in [0.4, 0.5) is 13.2 Å². The highest BCUT2D eigenvalue weighted by molar-refractivity contribution is 5.94. The molecule has 0 radical (unpaired) electrons. The Bertz CT molecular complexity index is 554. The molecule has 0 N–H and O–H groups in total. The fourth-order valence-electron chi connectivity index (χ4n) is 1.75. The lowest BCUT2D eigenvalue weighted by Crippen LogP contribution is -2.21. The molecule has 0 saturated carbocycles. The number of Topliss-reactive ketones (excluding diaryl/α,β-unsaturated/α-hetero) is 1.